The van der Waals surface area contributed by atoms with Crippen molar-refractivity contribution in [2.24, 2.45) is 0 Å². The molecule has 1 heterocycles. The first-order valence-corrected chi connectivity index (χ1v) is 9.65. The number of aromatic amines is 1. The maximum absolute atomic E-state index is 12.6. The fourth-order valence-electron chi connectivity index (χ4n) is 3.10. The molecule has 3 aromatic rings. The summed E-state index contributed by atoms with van der Waals surface area (Å²) >= 11 is 5.27. The molecule has 3 rings (SSSR count). The molecular formula is C21H22N4O3S. The number of carbonyl (C=O) groups is 2. The van der Waals surface area contributed by atoms with Crippen LogP contribution in [0.5, 0.6) is 0 Å². The van der Waals surface area contributed by atoms with Crippen LogP contribution >= 0.6 is 12.2 Å². The highest BCUT2D eigenvalue weighted by Crippen LogP contribution is 2.17. The van der Waals surface area contributed by atoms with Gasteiger partial charge >= 0.3 is 0 Å². The van der Waals surface area contributed by atoms with Crippen LogP contribution in [0.15, 0.2) is 53.3 Å². The zero-order valence-corrected chi connectivity index (χ0v) is 17.0. The van der Waals surface area contributed by atoms with Gasteiger partial charge in [-0.05, 0) is 49.0 Å². The van der Waals surface area contributed by atoms with Crippen molar-refractivity contribution in [2.75, 3.05) is 5.32 Å². The third kappa shape index (κ3) is 4.97. The molecule has 8 heteroatoms. The maximum atomic E-state index is 12.6. The van der Waals surface area contributed by atoms with Crippen molar-refractivity contribution in [3.8, 4) is 0 Å². The van der Waals surface area contributed by atoms with E-state index >= 15 is 0 Å². The molecule has 7 nitrogen and oxygen atoms in total. The normalized spacial score (nSPS) is 11.8. The minimum Gasteiger partial charge on any atom is -0.350 e. The van der Waals surface area contributed by atoms with E-state index in [1.54, 1.807) is 24.3 Å². The Hall–Kier alpha value is -3.26. The number of nitrogens with one attached hydrogen (secondary N) is 3. The van der Waals surface area contributed by atoms with Gasteiger partial charge < -0.3 is 15.6 Å². The molecule has 29 heavy (non-hydrogen) atoms. The lowest BCUT2D eigenvalue weighted by atomic mass is 10.1. The number of aromatic nitrogens is 2. The monoisotopic (exact) mass is 410 g/mol. The van der Waals surface area contributed by atoms with E-state index < -0.39 is 0 Å². The Morgan fingerprint density at radius 2 is 1.93 bits per heavy atom. The van der Waals surface area contributed by atoms with Crippen LogP contribution in [0.4, 0.5) is 5.69 Å². The van der Waals surface area contributed by atoms with Gasteiger partial charge in [-0.25, -0.2) is 0 Å². The van der Waals surface area contributed by atoms with Gasteiger partial charge in [-0.3, -0.25) is 19.0 Å². The summed E-state index contributed by atoms with van der Waals surface area (Å²) < 4.78 is 1.69. The van der Waals surface area contributed by atoms with Crippen LogP contribution < -0.4 is 16.2 Å². The predicted octanol–water partition coefficient (Wildman–Crippen LogP) is 3.28. The average molecular weight is 410 g/mol. The molecule has 0 saturated heterocycles. The SMILES string of the molecule is CC(=O)Nc1cccc(C(C)NC(=O)CCn2c(=S)[nH]c3ccccc3c2=O)c1. The number of para-hydroxylation sites is 1. The van der Waals surface area contributed by atoms with E-state index in [0.29, 0.717) is 16.6 Å². The topological polar surface area (TPSA) is 96.0 Å². The maximum Gasteiger partial charge on any atom is 0.262 e. The zero-order valence-electron chi connectivity index (χ0n) is 16.2. The number of amides is 2. The van der Waals surface area contributed by atoms with Crippen LogP contribution in [-0.2, 0) is 16.1 Å². The highest BCUT2D eigenvalue weighted by atomic mass is 32.1. The minimum absolute atomic E-state index is 0.117. The van der Waals surface area contributed by atoms with Crippen LogP contribution in [-0.4, -0.2) is 21.4 Å². The number of fused-ring (bicyclic) bond motifs is 1. The van der Waals surface area contributed by atoms with Gasteiger partial charge in [0.15, 0.2) is 4.77 Å². The number of carbonyl (C=O) groups excluding carboxylic acids is 2. The van der Waals surface area contributed by atoms with Crippen LogP contribution in [0.1, 0.15) is 31.9 Å². The molecule has 0 spiro atoms. The Labute approximate surface area is 172 Å². The molecule has 0 aliphatic carbocycles. The Kier molecular flexibility index (Phi) is 6.23. The number of nitrogens with zero attached hydrogens (tertiary/aromatic N) is 1. The second-order valence-electron chi connectivity index (χ2n) is 6.78. The predicted molar refractivity (Wildman–Crippen MR) is 115 cm³/mol. The first kappa shape index (κ1) is 20.5. The van der Waals surface area contributed by atoms with Crippen LogP contribution in [0.3, 0.4) is 0 Å². The molecule has 0 saturated carbocycles. The van der Waals surface area contributed by atoms with E-state index in [2.05, 4.69) is 15.6 Å². The standard InChI is InChI=1S/C21H22N4O3S/c1-13(15-6-5-7-16(12-15)23-14(2)26)22-19(27)10-11-25-20(28)17-8-3-4-9-18(17)24-21(25)29/h3-9,12-13H,10-11H2,1-2H3,(H,22,27)(H,23,26)(H,24,29). The summed E-state index contributed by atoms with van der Waals surface area (Å²) in [7, 11) is 0. The number of H-pyrrole nitrogens is 1. The van der Waals surface area contributed by atoms with Crippen LogP contribution in [0, 0.1) is 4.77 Å². The number of anilines is 1. The summed E-state index contributed by atoms with van der Waals surface area (Å²) in [4.78, 5) is 39.3. The first-order chi connectivity index (χ1) is 13.8. The summed E-state index contributed by atoms with van der Waals surface area (Å²) in [5, 5.41) is 6.17. The smallest absolute Gasteiger partial charge is 0.262 e. The van der Waals surface area contributed by atoms with Crippen LogP contribution in [0.2, 0.25) is 0 Å². The van der Waals surface area contributed by atoms with Gasteiger partial charge in [0.25, 0.3) is 5.56 Å². The number of hydrogen-bond acceptors (Lipinski definition) is 4. The highest BCUT2D eigenvalue weighted by molar-refractivity contribution is 7.71. The Bertz CT molecular complexity index is 1180. The van der Waals surface area contributed by atoms with Crippen molar-refractivity contribution in [3.63, 3.8) is 0 Å². The van der Waals surface area contributed by atoms with E-state index in [0.717, 1.165) is 5.56 Å². The van der Waals surface area contributed by atoms with Gasteiger partial charge in [0.2, 0.25) is 11.8 Å². The average Bonchev–Trinajstić information content (AvgIpc) is 2.67. The molecule has 3 N–H and O–H groups in total. The van der Waals surface area contributed by atoms with Crippen molar-refractivity contribution in [1.29, 1.82) is 0 Å². The third-order valence-corrected chi connectivity index (χ3v) is 4.86. The summed E-state index contributed by atoms with van der Waals surface area (Å²) in [6, 6.07) is 14.2. The Morgan fingerprint density at radius 1 is 1.17 bits per heavy atom. The lowest BCUT2D eigenvalue weighted by Crippen LogP contribution is -2.30. The lowest BCUT2D eigenvalue weighted by molar-refractivity contribution is -0.122. The zero-order chi connectivity index (χ0) is 21.0. The summed E-state index contributed by atoms with van der Waals surface area (Å²) in [5.74, 6) is -0.354. The Balaban J connectivity index is 1.67. The van der Waals surface area contributed by atoms with Crippen molar-refractivity contribution in [3.05, 3.63) is 69.2 Å². The van der Waals surface area contributed by atoms with Crippen molar-refractivity contribution in [1.82, 2.24) is 14.9 Å². The number of hydrogen-bond donors (Lipinski definition) is 3. The second-order valence-corrected chi connectivity index (χ2v) is 7.17. The van der Waals surface area contributed by atoms with E-state index in [-0.39, 0.29) is 41.2 Å². The Morgan fingerprint density at radius 3 is 2.69 bits per heavy atom. The third-order valence-electron chi connectivity index (χ3n) is 4.54. The summed E-state index contributed by atoms with van der Waals surface area (Å²) in [5.41, 5.74) is 2.00. The molecule has 1 atom stereocenters. The van der Waals surface area contributed by atoms with Gasteiger partial charge in [-0.1, -0.05) is 24.3 Å². The van der Waals surface area contributed by atoms with Crippen molar-refractivity contribution < 1.29 is 9.59 Å². The number of benzene rings is 2. The molecule has 2 aromatic carbocycles. The minimum atomic E-state index is -0.251. The van der Waals surface area contributed by atoms with Gasteiger partial charge in [0.1, 0.15) is 0 Å². The molecule has 1 aromatic heterocycles. The molecule has 0 aliphatic rings. The highest BCUT2D eigenvalue weighted by Gasteiger charge is 2.12. The quantitative estimate of drug-likeness (QED) is 0.544. The molecule has 0 aliphatic heterocycles. The van der Waals surface area contributed by atoms with Crippen LogP contribution in [0.25, 0.3) is 10.9 Å². The van der Waals surface area contributed by atoms with Crippen molar-refractivity contribution in [2.45, 2.75) is 32.9 Å². The molecular weight excluding hydrogens is 388 g/mol. The largest absolute Gasteiger partial charge is 0.350 e. The molecule has 0 bridgehead atoms. The second kappa shape index (κ2) is 8.83. The summed E-state index contributed by atoms with van der Waals surface area (Å²) in [6.45, 7) is 3.49. The number of rotatable bonds is 6. The molecule has 2 amide bonds. The fourth-order valence-corrected chi connectivity index (χ4v) is 3.39. The molecule has 150 valence electrons. The van der Waals surface area contributed by atoms with E-state index in [4.69, 9.17) is 12.2 Å². The van der Waals surface area contributed by atoms with Gasteiger partial charge in [0.05, 0.1) is 16.9 Å². The van der Waals surface area contributed by atoms with Gasteiger partial charge in [0, 0.05) is 25.6 Å². The molecule has 0 radical (unpaired) electrons. The lowest BCUT2D eigenvalue weighted by Gasteiger charge is -2.16. The molecule has 1 unspecified atom stereocenters. The van der Waals surface area contributed by atoms with Crippen molar-refractivity contribution >= 4 is 40.6 Å². The van der Waals surface area contributed by atoms with Gasteiger partial charge in [-0.15, -0.1) is 0 Å². The van der Waals surface area contributed by atoms with E-state index in [1.165, 1.54) is 11.5 Å². The first-order valence-electron chi connectivity index (χ1n) is 9.24. The van der Waals surface area contributed by atoms with E-state index in [9.17, 15) is 14.4 Å². The fraction of sp³-hybridized carbons (Fsp3) is 0.238. The van der Waals surface area contributed by atoms with E-state index in [1.807, 2.05) is 31.2 Å². The molecule has 0 fully saturated rings. The van der Waals surface area contributed by atoms with Gasteiger partial charge in [-0.2, -0.15) is 0 Å². The summed E-state index contributed by atoms with van der Waals surface area (Å²) in [6.07, 6.45) is 0.117.